The zero-order chi connectivity index (χ0) is 49.0. The van der Waals surface area contributed by atoms with Gasteiger partial charge in [-0.25, -0.2) is 19.6 Å². The van der Waals surface area contributed by atoms with Gasteiger partial charge >= 0.3 is 12.1 Å². The first kappa shape index (κ1) is 52.0. The lowest BCUT2D eigenvalue weighted by atomic mass is 9.82. The predicted octanol–water partition coefficient (Wildman–Crippen LogP) is 9.03. The predicted molar refractivity (Wildman–Crippen MR) is 266 cm³/mol. The topological polar surface area (TPSA) is 180 Å². The molecule has 4 amide bonds. The van der Waals surface area contributed by atoms with Gasteiger partial charge in [-0.1, -0.05) is 101 Å². The van der Waals surface area contributed by atoms with Gasteiger partial charge in [-0.2, -0.15) is 0 Å². The summed E-state index contributed by atoms with van der Waals surface area (Å²) in [5.41, 5.74) is 4.53. The van der Waals surface area contributed by atoms with E-state index in [0.29, 0.717) is 76.6 Å². The summed E-state index contributed by atoms with van der Waals surface area (Å²) < 4.78 is 12.1. The van der Waals surface area contributed by atoms with Crippen molar-refractivity contribution in [2.45, 2.75) is 128 Å². The minimum absolute atomic E-state index is 0.133. The van der Waals surface area contributed by atoms with Crippen LogP contribution in [0.25, 0.3) is 11.0 Å². The van der Waals surface area contributed by atoms with E-state index in [-0.39, 0.29) is 48.8 Å². The van der Waals surface area contributed by atoms with Crippen LogP contribution >= 0.6 is 43.5 Å². The van der Waals surface area contributed by atoms with Crippen molar-refractivity contribution in [3.8, 4) is 0 Å². The van der Waals surface area contributed by atoms with Crippen molar-refractivity contribution < 1.29 is 38.6 Å². The first-order valence-corrected chi connectivity index (χ1v) is 25.6. The minimum atomic E-state index is -1.57. The number of benzene rings is 2. The first-order chi connectivity index (χ1) is 31.7. The molecule has 1 aromatic heterocycles. The fraction of sp³-hybridized carbons (Fsp3) is 0.540. The number of rotatable bonds is 12. The normalized spacial score (nSPS) is 27.1. The number of carbonyl (C=O) groups excluding carboxylic acids is 5. The van der Waals surface area contributed by atoms with Crippen LogP contribution in [0.1, 0.15) is 112 Å². The van der Waals surface area contributed by atoms with Crippen LogP contribution in [0.2, 0.25) is 5.02 Å². The second kappa shape index (κ2) is 21.9. The molecule has 67 heavy (non-hydrogen) atoms. The van der Waals surface area contributed by atoms with E-state index < -0.39 is 47.4 Å². The van der Waals surface area contributed by atoms with Crippen molar-refractivity contribution in [3.63, 3.8) is 0 Å². The summed E-state index contributed by atoms with van der Waals surface area (Å²) in [6.07, 6.45) is 6.59. The first-order valence-electron chi connectivity index (χ1n) is 23.0. The average Bonchev–Trinajstić information content (AvgIpc) is 4.00. The van der Waals surface area contributed by atoms with Crippen molar-refractivity contribution in [3.05, 3.63) is 87.2 Å². The molecule has 4 bridgehead atoms. The van der Waals surface area contributed by atoms with Crippen molar-refractivity contribution >= 4 is 90.0 Å². The van der Waals surface area contributed by atoms with Crippen LogP contribution in [-0.4, -0.2) is 94.4 Å². The number of fused-ring (bicyclic) bond motifs is 6. The summed E-state index contributed by atoms with van der Waals surface area (Å²) in [4.78, 5) is 79.9. The molecule has 2 aliphatic heterocycles. The van der Waals surface area contributed by atoms with Gasteiger partial charge in [0, 0.05) is 61.0 Å². The molecule has 1 saturated carbocycles. The van der Waals surface area contributed by atoms with Gasteiger partial charge in [0.1, 0.15) is 24.0 Å². The third-order valence-corrected chi connectivity index (χ3v) is 15.6. The molecule has 14 nitrogen and oxygen atoms in total. The zero-order valence-electron chi connectivity index (χ0n) is 39.6. The van der Waals surface area contributed by atoms with Crippen molar-refractivity contribution in [1.82, 2.24) is 25.5 Å². The maximum Gasteiger partial charge on any atom is 0.409 e. The van der Waals surface area contributed by atoms with Crippen LogP contribution < -0.4 is 15.5 Å². The summed E-state index contributed by atoms with van der Waals surface area (Å²) in [7, 11) is 3.23. The van der Waals surface area contributed by atoms with Gasteiger partial charge in [0.2, 0.25) is 11.8 Å². The Labute approximate surface area is 415 Å². The van der Waals surface area contributed by atoms with Gasteiger partial charge in [0.15, 0.2) is 0 Å². The van der Waals surface area contributed by atoms with Crippen LogP contribution in [0, 0.1) is 30.1 Å². The van der Waals surface area contributed by atoms with Crippen LogP contribution in [0.4, 0.5) is 10.5 Å². The molecule has 3 aromatic rings. The number of hydrogen-bond acceptors (Lipinski definition) is 10. The summed E-state index contributed by atoms with van der Waals surface area (Å²) in [5.74, 6) is -2.29. The van der Waals surface area contributed by atoms with E-state index in [2.05, 4.69) is 52.5 Å². The largest absolute Gasteiger partial charge is 0.460 e. The van der Waals surface area contributed by atoms with Crippen LogP contribution in [0.5, 0.6) is 0 Å². The van der Waals surface area contributed by atoms with Gasteiger partial charge in [0.05, 0.1) is 39.6 Å². The Hall–Kier alpha value is -4.38. The van der Waals surface area contributed by atoms with Crippen molar-refractivity contribution in [2.75, 3.05) is 25.5 Å². The Morgan fingerprint density at radius 3 is 2.46 bits per heavy atom. The lowest BCUT2D eigenvalue weighted by Crippen LogP contribution is -2.60. The fourth-order valence-corrected chi connectivity index (χ4v) is 10.4. The molecular weight excluding hydrogens is 1010 g/mol. The molecule has 3 N–H and O–H groups in total. The monoisotopic (exact) mass is 1070 g/mol. The lowest BCUT2D eigenvalue weighted by molar-refractivity contribution is -0.162. The Balaban J connectivity index is 1.10. The summed E-state index contributed by atoms with van der Waals surface area (Å²) in [5, 5.41) is 19.0. The second-order valence-corrected chi connectivity index (χ2v) is 20.4. The molecule has 2 aromatic carbocycles. The smallest absolute Gasteiger partial charge is 0.409 e. The molecule has 6 rings (SSSR count). The Kier molecular flexibility index (Phi) is 17.0. The molecule has 2 fully saturated rings. The number of ether oxygens (including phenoxy) is 2. The SMILES string of the molecule is C/C1=C\C=C\[C@@H](C)[C@@]2(O)C[C@H](OC(=O)N2)[C@@H](C)C2C[C@@]2(C)[C@@H](OC(=O)[C@@H](C)N(C)C(=O)CCCCCNC(=O)c2ccc3nc(CBr)c(CBr)nc3c2)CC(=O)N(C)c2cc(cc(C)c2Cl)C1. The number of aromatic nitrogens is 2. The zero-order valence-corrected chi connectivity index (χ0v) is 43.5. The molecule has 3 heterocycles. The lowest BCUT2D eigenvalue weighted by Gasteiger charge is -2.42. The number of aliphatic hydroxyl groups is 1. The van der Waals surface area contributed by atoms with Crippen LogP contribution in [0.3, 0.4) is 0 Å². The number of likely N-dealkylation sites (N-methyl/N-ethyl adjacent to an activating group) is 1. The van der Waals surface area contributed by atoms with E-state index >= 15 is 0 Å². The van der Waals surface area contributed by atoms with Crippen LogP contribution in [0.15, 0.2) is 54.1 Å². The van der Waals surface area contributed by atoms with E-state index in [0.717, 1.165) is 28.1 Å². The molecule has 0 radical (unpaired) electrons. The number of halogens is 3. The standard InChI is InChI=1S/C50H63Br2ClN6O8/c1-28-13-12-14-30(3)50(65)25-41(66-48(64)57-50)31(4)35-24-49(35,6)42(23-44(61)59(8)40-21-33(19-28)20-29(2)45(40)53)67-47(63)32(5)58(7)43(60)15-10-9-11-18-54-46(62)34-16-17-36-37(22-34)56-39(27-52)38(26-51)55-36/h12-14,16-17,20-22,30-32,35,41-42,65H,9-11,15,18-19,23-27H2,1-8H3,(H,54,62)(H,57,64)/b14-12+,28-13+/t30-,31+,32-,35?,41+,42+,49-,50+/m1/s1. The molecule has 17 heteroatoms. The summed E-state index contributed by atoms with van der Waals surface area (Å²) >= 11 is 13.8. The third kappa shape index (κ3) is 12.1. The van der Waals surface area contributed by atoms with E-state index in [1.807, 2.05) is 65.0 Å². The number of amides is 4. The number of nitrogens with one attached hydrogen (secondary N) is 2. The molecule has 0 spiro atoms. The number of unbranched alkanes of at least 4 members (excludes halogenated alkanes) is 2. The second-order valence-electron chi connectivity index (χ2n) is 18.9. The number of anilines is 1. The maximum atomic E-state index is 14.3. The Morgan fingerprint density at radius 2 is 1.76 bits per heavy atom. The summed E-state index contributed by atoms with van der Waals surface area (Å²) in [6.45, 7) is 11.7. The average molecular weight is 1070 g/mol. The maximum absolute atomic E-state index is 14.3. The van der Waals surface area contributed by atoms with Gasteiger partial charge in [-0.15, -0.1) is 0 Å². The van der Waals surface area contributed by atoms with Gasteiger partial charge in [-0.05, 0) is 93.7 Å². The van der Waals surface area contributed by atoms with E-state index in [4.69, 9.17) is 21.1 Å². The Bertz CT molecular complexity index is 2450. The van der Waals surface area contributed by atoms with Crippen molar-refractivity contribution in [1.29, 1.82) is 0 Å². The molecule has 362 valence electrons. The highest BCUT2D eigenvalue weighted by Crippen LogP contribution is 2.61. The highest BCUT2D eigenvalue weighted by Gasteiger charge is 2.62. The Morgan fingerprint density at radius 1 is 1.06 bits per heavy atom. The minimum Gasteiger partial charge on any atom is -0.460 e. The molecule has 3 aliphatic rings. The van der Waals surface area contributed by atoms with E-state index in [9.17, 15) is 29.1 Å². The van der Waals surface area contributed by atoms with Crippen LogP contribution in [-0.2, 0) is 40.9 Å². The highest BCUT2D eigenvalue weighted by molar-refractivity contribution is 9.09. The number of carbonyl (C=O) groups is 5. The molecular formula is C50H63Br2ClN6O8. The van der Waals surface area contributed by atoms with E-state index in [1.54, 1.807) is 39.2 Å². The third-order valence-electron chi connectivity index (χ3n) is 14.1. The quantitative estimate of drug-likeness (QED) is 0.0900. The number of nitrogens with zero attached hydrogens (tertiary/aromatic N) is 4. The number of allylic oxidation sites excluding steroid dienone is 3. The van der Waals surface area contributed by atoms with E-state index in [1.165, 1.54) is 9.80 Å². The van der Waals surface area contributed by atoms with Gasteiger partial charge in [-0.3, -0.25) is 19.7 Å². The number of alkyl carbamates (subject to hydrolysis) is 1. The van der Waals surface area contributed by atoms with Gasteiger partial charge in [0.25, 0.3) is 5.91 Å². The number of esters is 1. The number of aryl methyl sites for hydroxylation is 1. The molecule has 1 aliphatic carbocycles. The summed E-state index contributed by atoms with van der Waals surface area (Å²) in [6, 6.07) is 8.18. The number of hydrogen-bond donors (Lipinski definition) is 3. The molecule has 1 saturated heterocycles. The molecule has 1 unspecified atom stereocenters. The molecule has 8 atom stereocenters. The van der Waals surface area contributed by atoms with Crippen molar-refractivity contribution in [2.24, 2.45) is 23.2 Å². The fourth-order valence-electron chi connectivity index (χ4n) is 9.26. The highest BCUT2D eigenvalue weighted by atomic mass is 79.9. The number of alkyl halides is 2. The van der Waals surface area contributed by atoms with Gasteiger partial charge < -0.3 is 29.7 Å².